The number of nitrogen functional groups attached to an aromatic ring is 1. The molecular weight excluding hydrogens is 313 g/mol. The van der Waals surface area contributed by atoms with Crippen LogP contribution in [-0.4, -0.2) is 24.9 Å². The molecule has 0 fully saturated rings. The zero-order valence-electron chi connectivity index (χ0n) is 11.6. The Morgan fingerprint density at radius 2 is 2.14 bits per heavy atom. The van der Waals surface area contributed by atoms with Gasteiger partial charge < -0.3 is 16.0 Å². The van der Waals surface area contributed by atoms with Crippen LogP contribution in [0.5, 0.6) is 0 Å². The average Bonchev–Trinajstić information content (AvgIpc) is 2.80. The van der Waals surface area contributed by atoms with Crippen molar-refractivity contribution < 1.29 is 9.18 Å². The van der Waals surface area contributed by atoms with Gasteiger partial charge in [-0.25, -0.2) is 4.39 Å². The van der Waals surface area contributed by atoms with Gasteiger partial charge in [-0.2, -0.15) is 0 Å². The maximum Gasteiger partial charge on any atom is 0.265 e. The van der Waals surface area contributed by atoms with Crippen molar-refractivity contribution in [2.75, 3.05) is 25.1 Å². The van der Waals surface area contributed by atoms with Crippen LogP contribution in [0.1, 0.15) is 15.2 Å². The van der Waals surface area contributed by atoms with E-state index in [0.29, 0.717) is 17.1 Å². The lowest BCUT2D eigenvalue weighted by Crippen LogP contribution is -2.21. The second-order valence-corrected chi connectivity index (χ2v) is 6.16. The van der Waals surface area contributed by atoms with Crippen LogP contribution in [0, 0.1) is 5.82 Å². The van der Waals surface area contributed by atoms with Gasteiger partial charge in [-0.05, 0) is 23.8 Å². The molecule has 1 amide bonds. The van der Waals surface area contributed by atoms with E-state index in [1.807, 2.05) is 0 Å². The summed E-state index contributed by atoms with van der Waals surface area (Å²) in [6.45, 7) is 0.468. The number of nitrogens with zero attached hydrogens (tertiary/aromatic N) is 1. The zero-order chi connectivity index (χ0) is 15.6. The standard InChI is InChI=1S/C14H15ClFN3OS/c1-19(2)14(20)13-11(17)6-12(21-13)18-7-8-3-4-10(16)9(15)5-8/h3-6,18H,7,17H2,1-2H3. The van der Waals surface area contributed by atoms with E-state index in [9.17, 15) is 9.18 Å². The summed E-state index contributed by atoms with van der Waals surface area (Å²) in [5.74, 6) is -0.574. The maximum absolute atomic E-state index is 13.1. The first kappa shape index (κ1) is 15.6. The van der Waals surface area contributed by atoms with Crippen molar-refractivity contribution in [2.45, 2.75) is 6.54 Å². The quantitative estimate of drug-likeness (QED) is 0.904. The van der Waals surface area contributed by atoms with Crippen LogP contribution in [0.2, 0.25) is 5.02 Å². The number of carbonyl (C=O) groups is 1. The number of carbonyl (C=O) groups excluding carboxylic acids is 1. The molecule has 0 saturated carbocycles. The monoisotopic (exact) mass is 327 g/mol. The van der Waals surface area contributed by atoms with Gasteiger partial charge >= 0.3 is 0 Å². The number of halogens is 2. The molecule has 1 aromatic carbocycles. The highest BCUT2D eigenvalue weighted by atomic mass is 35.5. The summed E-state index contributed by atoms with van der Waals surface area (Å²) in [5, 5.41) is 4.01. The smallest absolute Gasteiger partial charge is 0.265 e. The van der Waals surface area contributed by atoms with Crippen molar-refractivity contribution >= 4 is 39.5 Å². The first-order valence-electron chi connectivity index (χ1n) is 6.17. The molecule has 21 heavy (non-hydrogen) atoms. The molecule has 2 rings (SSSR count). The zero-order valence-corrected chi connectivity index (χ0v) is 13.2. The van der Waals surface area contributed by atoms with Gasteiger partial charge in [0.1, 0.15) is 10.7 Å². The fourth-order valence-electron chi connectivity index (χ4n) is 1.70. The highest BCUT2D eigenvalue weighted by Gasteiger charge is 2.16. The second-order valence-electron chi connectivity index (χ2n) is 4.70. The number of rotatable bonds is 4. The summed E-state index contributed by atoms with van der Waals surface area (Å²) in [4.78, 5) is 13.9. The van der Waals surface area contributed by atoms with Gasteiger partial charge in [0, 0.05) is 20.6 Å². The largest absolute Gasteiger partial charge is 0.397 e. The molecule has 7 heteroatoms. The van der Waals surface area contributed by atoms with Crippen molar-refractivity contribution in [3.8, 4) is 0 Å². The van der Waals surface area contributed by atoms with E-state index in [4.69, 9.17) is 17.3 Å². The molecule has 0 unspecified atom stereocenters. The number of benzene rings is 1. The van der Waals surface area contributed by atoms with Crippen molar-refractivity contribution in [2.24, 2.45) is 0 Å². The van der Waals surface area contributed by atoms with Gasteiger partial charge in [-0.3, -0.25) is 4.79 Å². The first-order chi connectivity index (χ1) is 9.88. The van der Waals surface area contributed by atoms with Crippen LogP contribution < -0.4 is 11.1 Å². The van der Waals surface area contributed by atoms with Crippen LogP contribution in [0.15, 0.2) is 24.3 Å². The molecule has 0 aliphatic rings. The second kappa shape index (κ2) is 6.32. The minimum absolute atomic E-state index is 0.0865. The maximum atomic E-state index is 13.1. The highest BCUT2D eigenvalue weighted by molar-refractivity contribution is 7.18. The van der Waals surface area contributed by atoms with Crippen molar-refractivity contribution in [1.82, 2.24) is 4.90 Å². The molecule has 0 aliphatic heterocycles. The topological polar surface area (TPSA) is 58.4 Å². The number of amides is 1. The number of anilines is 2. The Kier molecular flexibility index (Phi) is 4.69. The SMILES string of the molecule is CN(C)C(=O)c1sc(NCc2ccc(F)c(Cl)c2)cc1N. The number of hydrogen-bond donors (Lipinski definition) is 2. The predicted molar refractivity (Wildman–Crippen MR) is 85.5 cm³/mol. The minimum atomic E-state index is -0.445. The third kappa shape index (κ3) is 3.65. The molecule has 0 aliphatic carbocycles. The Bertz CT molecular complexity index is 672. The fraction of sp³-hybridized carbons (Fsp3) is 0.214. The minimum Gasteiger partial charge on any atom is -0.397 e. The normalized spacial score (nSPS) is 10.5. The van der Waals surface area contributed by atoms with Crippen LogP contribution in [0.3, 0.4) is 0 Å². The molecule has 0 bridgehead atoms. The molecule has 4 nitrogen and oxygen atoms in total. The highest BCUT2D eigenvalue weighted by Crippen LogP contribution is 2.30. The molecule has 0 radical (unpaired) electrons. The Hall–Kier alpha value is -1.79. The number of hydrogen-bond acceptors (Lipinski definition) is 4. The van der Waals surface area contributed by atoms with E-state index in [1.54, 1.807) is 32.3 Å². The molecule has 3 N–H and O–H groups in total. The Morgan fingerprint density at radius 3 is 2.76 bits per heavy atom. The Labute approximate surface area is 131 Å². The van der Waals surface area contributed by atoms with E-state index in [-0.39, 0.29) is 10.9 Å². The van der Waals surface area contributed by atoms with Gasteiger partial charge in [-0.1, -0.05) is 17.7 Å². The van der Waals surface area contributed by atoms with Gasteiger partial charge in [-0.15, -0.1) is 11.3 Å². The van der Waals surface area contributed by atoms with Gasteiger partial charge in [0.25, 0.3) is 5.91 Å². The van der Waals surface area contributed by atoms with E-state index in [0.717, 1.165) is 10.6 Å². The summed E-state index contributed by atoms with van der Waals surface area (Å²) in [5.41, 5.74) is 7.13. The fourth-order valence-corrected chi connectivity index (χ4v) is 2.90. The molecule has 112 valence electrons. The molecule has 2 aromatic rings. The summed E-state index contributed by atoms with van der Waals surface area (Å²) in [6.07, 6.45) is 0. The van der Waals surface area contributed by atoms with Crippen LogP contribution in [-0.2, 0) is 6.54 Å². The van der Waals surface area contributed by atoms with Crippen molar-refractivity contribution in [3.63, 3.8) is 0 Å². The Balaban J connectivity index is 2.08. The van der Waals surface area contributed by atoms with Crippen LogP contribution in [0.4, 0.5) is 15.1 Å². The summed E-state index contributed by atoms with van der Waals surface area (Å²) >= 11 is 7.02. The van der Waals surface area contributed by atoms with Crippen molar-refractivity contribution in [3.05, 3.63) is 45.5 Å². The lowest BCUT2D eigenvalue weighted by Gasteiger charge is -2.08. The van der Waals surface area contributed by atoms with Crippen LogP contribution >= 0.6 is 22.9 Å². The summed E-state index contributed by atoms with van der Waals surface area (Å²) in [7, 11) is 3.35. The summed E-state index contributed by atoms with van der Waals surface area (Å²) < 4.78 is 13.1. The molecular formula is C14H15ClFN3OS. The number of nitrogens with one attached hydrogen (secondary N) is 1. The third-order valence-electron chi connectivity index (χ3n) is 2.81. The van der Waals surface area contributed by atoms with Crippen molar-refractivity contribution in [1.29, 1.82) is 0 Å². The first-order valence-corrected chi connectivity index (χ1v) is 7.36. The van der Waals surface area contributed by atoms with Gasteiger partial charge in [0.2, 0.25) is 0 Å². The predicted octanol–water partition coefficient (Wildman–Crippen LogP) is 3.44. The number of thiophene rings is 1. The molecule has 0 spiro atoms. The molecule has 1 heterocycles. The van der Waals surface area contributed by atoms with Crippen LogP contribution in [0.25, 0.3) is 0 Å². The number of nitrogens with two attached hydrogens (primary N) is 1. The Morgan fingerprint density at radius 1 is 1.43 bits per heavy atom. The van der Waals surface area contributed by atoms with E-state index in [1.165, 1.54) is 22.3 Å². The molecule has 0 atom stereocenters. The third-order valence-corrected chi connectivity index (χ3v) is 4.20. The van der Waals surface area contributed by atoms with E-state index in [2.05, 4.69) is 5.32 Å². The van der Waals surface area contributed by atoms with E-state index < -0.39 is 5.82 Å². The average molecular weight is 328 g/mol. The lowest BCUT2D eigenvalue weighted by molar-refractivity contribution is 0.0833. The molecule has 1 aromatic heterocycles. The summed E-state index contributed by atoms with van der Waals surface area (Å²) in [6, 6.07) is 6.25. The van der Waals surface area contributed by atoms with E-state index >= 15 is 0 Å². The molecule has 0 saturated heterocycles. The lowest BCUT2D eigenvalue weighted by atomic mass is 10.2. The van der Waals surface area contributed by atoms with Gasteiger partial charge in [0.05, 0.1) is 15.7 Å². The van der Waals surface area contributed by atoms with Gasteiger partial charge in [0.15, 0.2) is 0 Å².